The van der Waals surface area contributed by atoms with Crippen LogP contribution >= 0.6 is 23.5 Å². The van der Waals surface area contributed by atoms with Gasteiger partial charge in [-0.25, -0.2) is 0 Å². The molecule has 0 amide bonds. The fourth-order valence-corrected chi connectivity index (χ4v) is 4.09. The van der Waals surface area contributed by atoms with Crippen LogP contribution in [0.25, 0.3) is 0 Å². The number of thioether (sulfide) groups is 2. The van der Waals surface area contributed by atoms with Crippen LogP contribution in [0.5, 0.6) is 0 Å². The molecule has 0 fully saturated rings. The highest BCUT2D eigenvalue weighted by Crippen LogP contribution is 2.51. The Balaban J connectivity index is 2.38. The fraction of sp³-hybridized carbons (Fsp3) is 0.400. The van der Waals surface area contributed by atoms with Gasteiger partial charge in [-0.2, -0.15) is 23.5 Å². The first-order valence-electron chi connectivity index (χ1n) is 4.02. The Morgan fingerprint density at radius 3 is 1.92 bits per heavy atom. The Labute approximate surface area is 82.1 Å². The van der Waals surface area contributed by atoms with E-state index in [2.05, 4.69) is 36.8 Å². The number of fused-ring (bicyclic) bond motifs is 2. The highest BCUT2D eigenvalue weighted by Gasteiger charge is 2.29. The molecule has 1 aromatic rings. The second kappa shape index (κ2) is 3.35. The summed E-state index contributed by atoms with van der Waals surface area (Å²) in [5.41, 5.74) is 3.00. The Morgan fingerprint density at radius 1 is 1.00 bits per heavy atom. The van der Waals surface area contributed by atoms with Crippen molar-refractivity contribution >= 4 is 23.5 Å². The monoisotopic (exact) mass is 196 g/mol. The molecule has 0 aromatic heterocycles. The molecule has 2 heteroatoms. The Hall–Kier alpha value is -0.0800. The lowest BCUT2D eigenvalue weighted by atomic mass is 10.2. The predicted octanol–water partition coefficient (Wildman–Crippen LogP) is 3.51. The zero-order valence-corrected chi connectivity index (χ0v) is 8.91. The van der Waals surface area contributed by atoms with Crippen molar-refractivity contribution in [2.24, 2.45) is 0 Å². The molecule has 0 radical (unpaired) electrons. The van der Waals surface area contributed by atoms with Crippen molar-refractivity contribution in [3.63, 3.8) is 0 Å². The maximum absolute atomic E-state index is 2.34. The van der Waals surface area contributed by atoms with Crippen molar-refractivity contribution < 1.29 is 0 Å². The summed E-state index contributed by atoms with van der Waals surface area (Å²) >= 11 is 3.92. The van der Waals surface area contributed by atoms with Gasteiger partial charge in [0, 0.05) is 10.5 Å². The summed E-state index contributed by atoms with van der Waals surface area (Å²) in [4.78, 5) is 0. The second-order valence-corrected chi connectivity index (χ2v) is 4.94. The van der Waals surface area contributed by atoms with E-state index in [1.165, 1.54) is 11.1 Å². The third-order valence-electron chi connectivity index (χ3n) is 2.35. The van der Waals surface area contributed by atoms with Crippen molar-refractivity contribution in [3.8, 4) is 0 Å². The van der Waals surface area contributed by atoms with Crippen LogP contribution in [0.1, 0.15) is 21.6 Å². The van der Waals surface area contributed by atoms with E-state index in [4.69, 9.17) is 0 Å². The molecular weight excluding hydrogens is 184 g/mol. The summed E-state index contributed by atoms with van der Waals surface area (Å²) in [6, 6.07) is 8.98. The average Bonchev–Trinajstić information content (AvgIpc) is 2.36. The minimum atomic E-state index is 0.685. The summed E-state index contributed by atoms with van der Waals surface area (Å²) in [5, 5.41) is 1.37. The van der Waals surface area contributed by atoms with Crippen LogP contribution in [0.3, 0.4) is 0 Å². The van der Waals surface area contributed by atoms with Gasteiger partial charge in [-0.3, -0.25) is 0 Å². The Bertz CT molecular complexity index is 258. The molecule has 1 aliphatic rings. The second-order valence-electron chi connectivity index (χ2n) is 2.98. The lowest BCUT2D eigenvalue weighted by molar-refractivity contribution is 0.974. The summed E-state index contributed by atoms with van der Waals surface area (Å²) in [6.07, 6.45) is 4.40. The van der Waals surface area contributed by atoms with Gasteiger partial charge in [-0.15, -0.1) is 0 Å². The highest BCUT2D eigenvalue weighted by molar-refractivity contribution is 8.02. The first-order valence-corrected chi connectivity index (χ1v) is 6.60. The van der Waals surface area contributed by atoms with Crippen molar-refractivity contribution in [2.75, 3.05) is 12.5 Å². The number of hydrogen-bond donors (Lipinski definition) is 0. The van der Waals surface area contributed by atoms with Crippen LogP contribution in [0.2, 0.25) is 0 Å². The average molecular weight is 196 g/mol. The molecule has 2 rings (SSSR count). The Kier molecular flexibility index (Phi) is 2.37. The molecule has 2 atom stereocenters. The predicted molar refractivity (Wildman–Crippen MR) is 59.0 cm³/mol. The van der Waals surface area contributed by atoms with E-state index in [0.717, 1.165) is 0 Å². The third kappa shape index (κ3) is 1.17. The zero-order chi connectivity index (χ0) is 8.55. The number of hydrogen-bond acceptors (Lipinski definition) is 2. The summed E-state index contributed by atoms with van der Waals surface area (Å²) in [5.74, 6) is 0. The molecule has 2 bridgehead atoms. The van der Waals surface area contributed by atoms with E-state index in [1.54, 1.807) is 0 Å². The van der Waals surface area contributed by atoms with E-state index in [1.807, 2.05) is 23.5 Å². The molecule has 1 aliphatic carbocycles. The summed E-state index contributed by atoms with van der Waals surface area (Å²) in [7, 11) is 0. The topological polar surface area (TPSA) is 0 Å². The van der Waals surface area contributed by atoms with Crippen molar-refractivity contribution in [3.05, 3.63) is 35.4 Å². The summed E-state index contributed by atoms with van der Waals surface area (Å²) in [6.45, 7) is 0. The van der Waals surface area contributed by atoms with Crippen LogP contribution in [-0.4, -0.2) is 12.5 Å². The van der Waals surface area contributed by atoms with Gasteiger partial charge in [-0.05, 0) is 23.6 Å². The Morgan fingerprint density at radius 2 is 1.50 bits per heavy atom. The van der Waals surface area contributed by atoms with E-state index in [9.17, 15) is 0 Å². The number of benzene rings is 1. The van der Waals surface area contributed by atoms with Gasteiger partial charge in [0.2, 0.25) is 0 Å². The number of rotatable bonds is 2. The molecule has 12 heavy (non-hydrogen) atoms. The van der Waals surface area contributed by atoms with Gasteiger partial charge < -0.3 is 0 Å². The first-order chi connectivity index (χ1) is 5.86. The zero-order valence-electron chi connectivity index (χ0n) is 7.28. The maximum atomic E-state index is 2.34. The fourth-order valence-electron chi connectivity index (χ4n) is 1.78. The van der Waals surface area contributed by atoms with Crippen molar-refractivity contribution in [2.45, 2.75) is 10.5 Å². The minimum absolute atomic E-state index is 0.685. The molecule has 0 aliphatic heterocycles. The minimum Gasteiger partial charge on any atom is -0.156 e. The SMILES string of the molecule is CSC1c2cccc(c2)C1SC. The van der Waals surface area contributed by atoms with Crippen LogP contribution in [0.15, 0.2) is 24.3 Å². The molecule has 0 saturated carbocycles. The van der Waals surface area contributed by atoms with Gasteiger partial charge in [0.25, 0.3) is 0 Å². The summed E-state index contributed by atoms with van der Waals surface area (Å²) < 4.78 is 0. The van der Waals surface area contributed by atoms with Crippen molar-refractivity contribution in [1.29, 1.82) is 0 Å². The maximum Gasteiger partial charge on any atom is 0.0454 e. The first kappa shape index (κ1) is 8.52. The van der Waals surface area contributed by atoms with Gasteiger partial charge in [0.15, 0.2) is 0 Å². The largest absolute Gasteiger partial charge is 0.156 e. The van der Waals surface area contributed by atoms with Gasteiger partial charge >= 0.3 is 0 Å². The van der Waals surface area contributed by atoms with E-state index in [-0.39, 0.29) is 0 Å². The normalized spacial score (nSPS) is 26.2. The third-order valence-corrected chi connectivity index (χ3v) is 4.63. The molecular formula is C10H12S2. The van der Waals surface area contributed by atoms with Gasteiger partial charge in [0.1, 0.15) is 0 Å². The van der Waals surface area contributed by atoms with Crippen LogP contribution in [0, 0.1) is 0 Å². The smallest absolute Gasteiger partial charge is 0.0454 e. The lowest BCUT2D eigenvalue weighted by Crippen LogP contribution is -1.94. The molecule has 2 unspecified atom stereocenters. The van der Waals surface area contributed by atoms with Gasteiger partial charge in [-0.1, -0.05) is 24.3 Å². The van der Waals surface area contributed by atoms with Crippen molar-refractivity contribution in [1.82, 2.24) is 0 Å². The molecule has 64 valence electrons. The molecule has 0 heterocycles. The molecule has 0 N–H and O–H groups in total. The van der Waals surface area contributed by atoms with Crippen LogP contribution in [-0.2, 0) is 0 Å². The van der Waals surface area contributed by atoms with Gasteiger partial charge in [0.05, 0.1) is 0 Å². The van der Waals surface area contributed by atoms with Crippen LogP contribution in [0.4, 0.5) is 0 Å². The molecule has 0 spiro atoms. The quantitative estimate of drug-likeness (QED) is 0.710. The van der Waals surface area contributed by atoms with E-state index in [0.29, 0.717) is 10.5 Å². The van der Waals surface area contributed by atoms with E-state index < -0.39 is 0 Å². The molecule has 0 saturated heterocycles. The highest BCUT2D eigenvalue weighted by atomic mass is 32.2. The lowest BCUT2D eigenvalue weighted by Gasteiger charge is -2.16. The van der Waals surface area contributed by atoms with E-state index >= 15 is 0 Å². The standard InChI is InChI=1S/C10H12S2/c1-11-9-7-4-3-5-8(6-7)10(9)12-2/h3-6,9-10H,1-2H3. The molecule has 1 aromatic carbocycles. The molecule has 0 nitrogen and oxygen atoms in total. The van der Waals surface area contributed by atoms with Crippen LogP contribution < -0.4 is 0 Å².